The number of fused-ring (bicyclic) bond motifs is 2. The molecule has 0 aliphatic rings. The molecular weight excluding hydrogens is 454 g/mol. The lowest BCUT2D eigenvalue weighted by atomic mass is 10.2. The van der Waals surface area contributed by atoms with Crippen molar-refractivity contribution < 1.29 is 19.4 Å². The number of carbonyl (C=O) groups is 2. The molecule has 0 fully saturated rings. The third-order valence-corrected chi connectivity index (χ3v) is 7.33. The first kappa shape index (κ1) is 21.9. The third kappa shape index (κ3) is 3.84. The predicted molar refractivity (Wildman–Crippen MR) is 122 cm³/mol. The number of benzene rings is 1. The molecule has 0 unspecified atom stereocenters. The van der Waals surface area contributed by atoms with Gasteiger partial charge in [0.25, 0.3) is 5.56 Å². The average molecular weight is 474 g/mol. The van der Waals surface area contributed by atoms with E-state index in [0.29, 0.717) is 21.4 Å². The highest BCUT2D eigenvalue weighted by Gasteiger charge is 2.24. The second-order valence-corrected chi connectivity index (χ2v) is 9.12. The summed E-state index contributed by atoms with van der Waals surface area (Å²) < 4.78 is 8.15. The second-order valence-electron chi connectivity index (χ2n) is 7.00. The zero-order chi connectivity index (χ0) is 23.0. The summed E-state index contributed by atoms with van der Waals surface area (Å²) in [7, 11) is 0. The summed E-state index contributed by atoms with van der Waals surface area (Å²) in [6.07, 6.45) is 0.408. The molecule has 0 atom stereocenters. The van der Waals surface area contributed by atoms with Gasteiger partial charge in [-0.3, -0.25) is 14.2 Å². The van der Waals surface area contributed by atoms with Crippen LogP contribution in [0.2, 0.25) is 0 Å². The van der Waals surface area contributed by atoms with Gasteiger partial charge in [0, 0.05) is 13.0 Å². The molecule has 3 heterocycles. The number of aryl methyl sites for hydroxylation is 3. The van der Waals surface area contributed by atoms with Crippen molar-refractivity contribution in [1.29, 1.82) is 0 Å². The minimum absolute atomic E-state index is 0.156. The molecule has 9 nitrogen and oxygen atoms in total. The van der Waals surface area contributed by atoms with E-state index in [4.69, 9.17) is 4.74 Å². The van der Waals surface area contributed by atoms with E-state index in [1.807, 2.05) is 24.3 Å². The van der Waals surface area contributed by atoms with Crippen molar-refractivity contribution >= 4 is 55.0 Å². The minimum atomic E-state index is -1.31. The van der Waals surface area contributed by atoms with Crippen molar-refractivity contribution in [2.45, 2.75) is 33.4 Å². The van der Waals surface area contributed by atoms with Crippen LogP contribution in [0.5, 0.6) is 0 Å². The molecule has 1 aromatic carbocycles. The summed E-state index contributed by atoms with van der Waals surface area (Å²) in [6.45, 7) is 2.85. The molecule has 0 saturated carbocycles. The number of ether oxygens (including phenoxy) is 1. The maximum atomic E-state index is 13.1. The van der Waals surface area contributed by atoms with Gasteiger partial charge in [0.05, 0.1) is 27.2 Å². The Kier molecular flexibility index (Phi) is 5.94. The number of carbonyl (C=O) groups excluding carboxylic acids is 1. The number of aromatic nitrogens is 3. The Morgan fingerprint density at radius 1 is 1.16 bits per heavy atom. The number of hydrogen-bond donors (Lipinski definition) is 1. The van der Waals surface area contributed by atoms with Crippen molar-refractivity contribution in [1.82, 2.24) is 14.1 Å². The van der Waals surface area contributed by atoms with Crippen molar-refractivity contribution in [3.63, 3.8) is 0 Å². The SMILES string of the molecule is CCOC(=O)c1sc2c(c1C)c(=O)n(CC(=O)O)c(=O)n2CCc1nc2ccccc2s1. The molecule has 0 spiro atoms. The molecule has 11 heteroatoms. The first-order valence-corrected chi connectivity index (χ1v) is 11.4. The third-order valence-electron chi connectivity index (χ3n) is 4.94. The minimum Gasteiger partial charge on any atom is -0.480 e. The average Bonchev–Trinajstić information content (AvgIpc) is 3.32. The number of para-hydroxylation sites is 1. The van der Waals surface area contributed by atoms with Crippen LogP contribution in [0.25, 0.3) is 20.4 Å². The van der Waals surface area contributed by atoms with Crippen LogP contribution in [0.3, 0.4) is 0 Å². The van der Waals surface area contributed by atoms with E-state index in [0.717, 1.165) is 26.6 Å². The summed E-state index contributed by atoms with van der Waals surface area (Å²) in [4.78, 5) is 54.8. The fraction of sp³-hybridized carbons (Fsp3) is 0.286. The fourth-order valence-electron chi connectivity index (χ4n) is 3.49. The van der Waals surface area contributed by atoms with Crippen molar-refractivity contribution in [2.75, 3.05) is 6.61 Å². The molecule has 166 valence electrons. The van der Waals surface area contributed by atoms with Crippen molar-refractivity contribution in [3.05, 3.63) is 60.6 Å². The summed E-state index contributed by atoms with van der Waals surface area (Å²) in [5.41, 5.74) is -0.227. The lowest BCUT2D eigenvalue weighted by Crippen LogP contribution is -2.41. The van der Waals surface area contributed by atoms with Gasteiger partial charge in [-0.25, -0.2) is 19.1 Å². The monoisotopic (exact) mass is 473 g/mol. The van der Waals surface area contributed by atoms with E-state index in [1.54, 1.807) is 13.8 Å². The van der Waals surface area contributed by atoms with Crippen LogP contribution < -0.4 is 11.2 Å². The lowest BCUT2D eigenvalue weighted by Gasteiger charge is -2.10. The van der Waals surface area contributed by atoms with Gasteiger partial charge in [0.2, 0.25) is 0 Å². The Labute approximate surface area is 189 Å². The Morgan fingerprint density at radius 2 is 1.91 bits per heavy atom. The van der Waals surface area contributed by atoms with Gasteiger partial charge in [-0.2, -0.15) is 0 Å². The van der Waals surface area contributed by atoms with E-state index < -0.39 is 29.7 Å². The van der Waals surface area contributed by atoms with Crippen molar-refractivity contribution in [2.24, 2.45) is 0 Å². The quantitative estimate of drug-likeness (QED) is 0.410. The van der Waals surface area contributed by atoms with Gasteiger partial charge < -0.3 is 9.84 Å². The summed E-state index contributed by atoms with van der Waals surface area (Å²) in [5, 5.41) is 10.2. The Bertz CT molecular complexity index is 1440. The maximum absolute atomic E-state index is 13.1. The molecule has 0 bridgehead atoms. The van der Waals surface area contributed by atoms with Crippen LogP contribution in [-0.2, 0) is 29.0 Å². The Balaban J connectivity index is 1.85. The van der Waals surface area contributed by atoms with E-state index in [2.05, 4.69) is 4.98 Å². The Morgan fingerprint density at radius 3 is 2.59 bits per heavy atom. The highest BCUT2D eigenvalue weighted by atomic mass is 32.1. The Hall–Kier alpha value is -3.31. The van der Waals surface area contributed by atoms with E-state index >= 15 is 0 Å². The first-order valence-electron chi connectivity index (χ1n) is 9.82. The number of carboxylic acids is 1. The van der Waals surface area contributed by atoms with Gasteiger partial charge in [0.1, 0.15) is 16.3 Å². The maximum Gasteiger partial charge on any atom is 0.348 e. The smallest absolute Gasteiger partial charge is 0.348 e. The predicted octanol–water partition coefficient (Wildman–Crippen LogP) is 2.65. The topological polar surface area (TPSA) is 120 Å². The number of esters is 1. The lowest BCUT2D eigenvalue weighted by molar-refractivity contribution is -0.137. The molecule has 0 aliphatic carbocycles. The standard InChI is InChI=1S/C21H19N3O6S2/c1-3-30-20(28)17-11(2)16-18(27)24(10-15(25)26)21(29)23(19(16)32-17)9-8-14-22-12-6-4-5-7-13(12)31-14/h4-7H,3,8-10H2,1-2H3,(H,25,26). The first-order chi connectivity index (χ1) is 15.3. The van der Waals surface area contributed by atoms with Crippen LogP contribution >= 0.6 is 22.7 Å². The molecule has 0 amide bonds. The number of thiophene rings is 1. The number of hydrogen-bond acceptors (Lipinski definition) is 8. The summed E-state index contributed by atoms with van der Waals surface area (Å²) in [6, 6.07) is 7.68. The van der Waals surface area contributed by atoms with Crippen LogP contribution in [0.15, 0.2) is 33.9 Å². The molecule has 4 rings (SSSR count). The number of thiazole rings is 1. The van der Waals surface area contributed by atoms with Gasteiger partial charge in [-0.1, -0.05) is 12.1 Å². The fourth-order valence-corrected chi connectivity index (χ4v) is 5.66. The molecule has 0 saturated heterocycles. The molecule has 32 heavy (non-hydrogen) atoms. The highest BCUT2D eigenvalue weighted by molar-refractivity contribution is 7.20. The van der Waals surface area contributed by atoms with Crippen LogP contribution in [0, 0.1) is 6.92 Å². The largest absolute Gasteiger partial charge is 0.480 e. The highest BCUT2D eigenvalue weighted by Crippen LogP contribution is 2.29. The van der Waals surface area contributed by atoms with Crippen molar-refractivity contribution in [3.8, 4) is 0 Å². The number of nitrogens with zero attached hydrogens (tertiary/aromatic N) is 3. The molecular formula is C21H19N3O6S2. The number of rotatable bonds is 7. The molecule has 0 radical (unpaired) electrons. The van der Waals surface area contributed by atoms with E-state index in [-0.39, 0.29) is 23.4 Å². The van der Waals surface area contributed by atoms with Crippen LogP contribution in [0.1, 0.15) is 27.2 Å². The van der Waals surface area contributed by atoms with Gasteiger partial charge >= 0.3 is 17.6 Å². The van der Waals surface area contributed by atoms with Gasteiger partial charge in [-0.05, 0) is 31.5 Å². The van der Waals surface area contributed by atoms with Crippen LogP contribution in [0.4, 0.5) is 0 Å². The number of carboxylic acid groups (broad SMARTS) is 1. The zero-order valence-corrected chi connectivity index (χ0v) is 18.9. The van der Waals surface area contributed by atoms with E-state index in [1.165, 1.54) is 15.9 Å². The molecule has 1 N–H and O–H groups in total. The molecule has 0 aliphatic heterocycles. The number of aliphatic carboxylic acids is 1. The van der Waals surface area contributed by atoms with E-state index in [9.17, 15) is 24.3 Å². The molecule has 4 aromatic rings. The summed E-state index contributed by atoms with van der Waals surface area (Å²) in [5.74, 6) is -1.89. The summed E-state index contributed by atoms with van der Waals surface area (Å²) >= 11 is 2.51. The molecule has 3 aromatic heterocycles. The van der Waals surface area contributed by atoms with Gasteiger partial charge in [-0.15, -0.1) is 22.7 Å². The van der Waals surface area contributed by atoms with Gasteiger partial charge in [0.15, 0.2) is 0 Å². The normalized spacial score (nSPS) is 11.3. The second kappa shape index (κ2) is 8.67. The zero-order valence-electron chi connectivity index (χ0n) is 17.3. The van der Waals surface area contributed by atoms with Crippen LogP contribution in [-0.4, -0.2) is 37.8 Å².